The summed E-state index contributed by atoms with van der Waals surface area (Å²) in [5, 5.41) is 10.5. The summed E-state index contributed by atoms with van der Waals surface area (Å²) >= 11 is 6.86. The fourth-order valence-corrected chi connectivity index (χ4v) is 5.77. The van der Waals surface area contributed by atoms with E-state index in [1.807, 2.05) is 17.0 Å². The molecule has 0 bridgehead atoms. The number of aromatic nitrogens is 3. The Morgan fingerprint density at radius 3 is 2.61 bits per heavy atom. The number of benzene rings is 2. The summed E-state index contributed by atoms with van der Waals surface area (Å²) in [5.74, 6) is 0. The molecular weight excluding hydrogens is 547 g/mol. The normalized spacial score (nSPS) is 14.7. The summed E-state index contributed by atoms with van der Waals surface area (Å²) in [6, 6.07) is 13.2. The number of ether oxygens (including phenoxy) is 1. The number of thiazole rings is 1. The van der Waals surface area contributed by atoms with Gasteiger partial charge in [-0.3, -0.25) is 9.52 Å². The second-order valence-corrected chi connectivity index (χ2v) is 11.0. The molecular formula is C24H21N7O4S3. The maximum absolute atomic E-state index is 12.6. The molecule has 2 aromatic carbocycles. The number of anilines is 1. The molecule has 2 aromatic heterocycles. The lowest BCUT2D eigenvalue weighted by Gasteiger charge is -2.25. The van der Waals surface area contributed by atoms with Gasteiger partial charge in [0.15, 0.2) is 16.1 Å². The minimum absolute atomic E-state index is 0.0591. The van der Waals surface area contributed by atoms with Crippen molar-refractivity contribution in [2.45, 2.75) is 4.90 Å². The Kier molecular flexibility index (Phi) is 7.64. The van der Waals surface area contributed by atoms with Crippen molar-refractivity contribution in [1.82, 2.24) is 19.5 Å². The first kappa shape index (κ1) is 25.8. The first-order chi connectivity index (χ1) is 18.4. The van der Waals surface area contributed by atoms with Crippen LogP contribution in [0.25, 0.3) is 16.6 Å². The number of aldehydes is 1. The van der Waals surface area contributed by atoms with Gasteiger partial charge in [0.05, 0.1) is 40.4 Å². The third-order valence-corrected chi connectivity index (χ3v) is 8.09. The van der Waals surface area contributed by atoms with Crippen LogP contribution in [0, 0.1) is 4.64 Å². The zero-order valence-electron chi connectivity index (χ0n) is 19.8. The number of rotatable bonds is 8. The van der Waals surface area contributed by atoms with Crippen molar-refractivity contribution in [2.75, 3.05) is 31.0 Å². The van der Waals surface area contributed by atoms with E-state index in [1.54, 1.807) is 23.7 Å². The van der Waals surface area contributed by atoms with Gasteiger partial charge in [-0.25, -0.2) is 18.4 Å². The van der Waals surface area contributed by atoms with Gasteiger partial charge in [0.1, 0.15) is 5.69 Å². The van der Waals surface area contributed by atoms with Crippen molar-refractivity contribution >= 4 is 67.3 Å². The molecule has 14 heteroatoms. The maximum Gasteiger partial charge on any atom is 0.263 e. The highest BCUT2D eigenvalue weighted by molar-refractivity contribution is 7.93. The van der Waals surface area contributed by atoms with Crippen molar-refractivity contribution in [1.29, 1.82) is 0 Å². The summed E-state index contributed by atoms with van der Waals surface area (Å²) in [4.78, 5) is 22.7. The van der Waals surface area contributed by atoms with Crippen LogP contribution in [0.2, 0.25) is 0 Å². The maximum atomic E-state index is 12.6. The Labute approximate surface area is 227 Å². The molecule has 0 unspecified atom stereocenters. The highest BCUT2D eigenvalue weighted by Gasteiger charge is 2.16. The lowest BCUT2D eigenvalue weighted by atomic mass is 10.2. The zero-order valence-corrected chi connectivity index (χ0v) is 22.2. The van der Waals surface area contributed by atoms with Crippen LogP contribution in [0.15, 0.2) is 81.5 Å². The number of para-hydroxylation sites is 2. The number of carbonyl (C=O) groups excluding carboxylic acids is 1. The molecule has 0 aliphatic carbocycles. The van der Waals surface area contributed by atoms with Gasteiger partial charge in [-0.2, -0.15) is 4.68 Å². The first-order valence-electron chi connectivity index (χ1n) is 11.4. The fraction of sp³-hybridized carbons (Fsp3) is 0.167. The number of nitrogens with zero attached hydrogens (tertiary/aromatic N) is 6. The van der Waals surface area contributed by atoms with Gasteiger partial charge in [-0.15, -0.1) is 16.5 Å². The van der Waals surface area contributed by atoms with Crippen molar-refractivity contribution in [3.63, 3.8) is 0 Å². The number of hydrogen-bond acceptors (Lipinski definition) is 11. The molecule has 1 aliphatic heterocycles. The van der Waals surface area contributed by atoms with Crippen LogP contribution in [0.5, 0.6) is 0 Å². The SMILES string of the molecule is O=C/C(=C\N1CCOCC1)c1nc2ccccc2n(N=Nc2ccc(S(=O)(=O)Nc3nccs3)cc2)c1=S. The average Bonchev–Trinajstić information content (AvgIpc) is 3.44. The lowest BCUT2D eigenvalue weighted by Crippen LogP contribution is -2.32. The van der Waals surface area contributed by atoms with Gasteiger partial charge in [0.2, 0.25) is 0 Å². The molecule has 0 atom stereocenters. The molecule has 0 amide bonds. The van der Waals surface area contributed by atoms with Crippen LogP contribution in [-0.4, -0.2) is 60.6 Å². The van der Waals surface area contributed by atoms with Crippen molar-refractivity contribution in [3.05, 3.63) is 76.6 Å². The number of morpholine rings is 1. The zero-order chi connectivity index (χ0) is 26.5. The predicted molar refractivity (Wildman–Crippen MR) is 146 cm³/mol. The Bertz CT molecular complexity index is 1680. The number of allylic oxidation sites excluding steroid dienone is 1. The second-order valence-electron chi connectivity index (χ2n) is 8.04. The Hall–Kier alpha value is -3.85. The lowest BCUT2D eigenvalue weighted by molar-refractivity contribution is -0.103. The van der Waals surface area contributed by atoms with E-state index >= 15 is 0 Å². The highest BCUT2D eigenvalue weighted by Crippen LogP contribution is 2.23. The molecule has 1 fully saturated rings. The van der Waals surface area contributed by atoms with E-state index in [4.69, 9.17) is 17.0 Å². The summed E-state index contributed by atoms with van der Waals surface area (Å²) in [6.07, 6.45) is 3.98. The van der Waals surface area contributed by atoms with Crippen molar-refractivity contribution in [2.24, 2.45) is 10.3 Å². The van der Waals surface area contributed by atoms with Crippen molar-refractivity contribution in [3.8, 4) is 0 Å². The highest BCUT2D eigenvalue weighted by atomic mass is 32.2. The van der Waals surface area contributed by atoms with Crippen LogP contribution in [0.1, 0.15) is 5.69 Å². The minimum Gasteiger partial charge on any atom is -0.378 e. The van der Waals surface area contributed by atoms with Gasteiger partial charge in [-0.1, -0.05) is 29.6 Å². The third kappa shape index (κ3) is 5.67. The molecule has 3 heterocycles. The Morgan fingerprint density at radius 2 is 1.89 bits per heavy atom. The third-order valence-electron chi connectivity index (χ3n) is 5.56. The largest absolute Gasteiger partial charge is 0.378 e. The molecule has 0 spiro atoms. The van der Waals surface area contributed by atoms with E-state index < -0.39 is 10.0 Å². The Balaban J connectivity index is 1.48. The molecule has 0 saturated carbocycles. The first-order valence-corrected chi connectivity index (χ1v) is 14.2. The van der Waals surface area contributed by atoms with E-state index in [0.717, 1.165) is 6.29 Å². The smallest absolute Gasteiger partial charge is 0.263 e. The minimum atomic E-state index is -3.79. The van der Waals surface area contributed by atoms with E-state index in [0.29, 0.717) is 54.3 Å². The molecule has 1 N–H and O–H groups in total. The molecule has 0 radical (unpaired) electrons. The molecule has 1 aliphatic rings. The van der Waals surface area contributed by atoms with Gasteiger partial charge in [-0.05, 0) is 36.4 Å². The topological polar surface area (TPSA) is 131 Å². The fourth-order valence-electron chi connectivity index (χ4n) is 3.68. The number of hydrogen-bond donors (Lipinski definition) is 1. The monoisotopic (exact) mass is 567 g/mol. The predicted octanol–water partition coefficient (Wildman–Crippen LogP) is 4.44. The molecule has 194 valence electrons. The standard InChI is InChI=1S/C24H21N7O4S3/c32-16-17(15-30-10-12-35-13-11-30)22-23(36)31(21-4-2-1-3-20(21)26-22)29-27-18-5-7-19(8-6-18)38(33,34)28-24-25-9-14-37-24/h1-9,14-16H,10-13H2,(H,25,28)/b17-15+,29-27?. The van der Waals surface area contributed by atoms with Crippen LogP contribution < -0.4 is 4.72 Å². The van der Waals surface area contributed by atoms with Gasteiger partial charge < -0.3 is 9.64 Å². The summed E-state index contributed by atoms with van der Waals surface area (Å²) in [5.41, 5.74) is 2.23. The quantitative estimate of drug-likeness (QED) is 0.143. The second kappa shape index (κ2) is 11.3. The number of nitrogens with one attached hydrogen (secondary N) is 1. The van der Waals surface area contributed by atoms with Crippen LogP contribution in [-0.2, 0) is 19.6 Å². The van der Waals surface area contributed by atoms with E-state index in [-0.39, 0.29) is 14.7 Å². The van der Waals surface area contributed by atoms with Gasteiger partial charge >= 0.3 is 0 Å². The number of carbonyl (C=O) groups is 1. The molecule has 38 heavy (non-hydrogen) atoms. The van der Waals surface area contributed by atoms with Gasteiger partial charge in [0.25, 0.3) is 10.0 Å². The summed E-state index contributed by atoms with van der Waals surface area (Å²) in [7, 11) is -3.79. The molecule has 11 nitrogen and oxygen atoms in total. The van der Waals surface area contributed by atoms with Crippen LogP contribution >= 0.6 is 23.6 Å². The van der Waals surface area contributed by atoms with Crippen molar-refractivity contribution < 1.29 is 17.9 Å². The summed E-state index contributed by atoms with van der Waals surface area (Å²) in [6.45, 7) is 2.46. The van der Waals surface area contributed by atoms with Gasteiger partial charge in [0, 0.05) is 30.9 Å². The molecule has 4 aromatic rings. The van der Waals surface area contributed by atoms with Crippen LogP contribution in [0.4, 0.5) is 10.8 Å². The van der Waals surface area contributed by atoms with E-state index in [9.17, 15) is 13.2 Å². The number of fused-ring (bicyclic) bond motifs is 1. The molecule has 5 rings (SSSR count). The molecule has 1 saturated heterocycles. The number of sulfonamides is 1. The van der Waals surface area contributed by atoms with Crippen LogP contribution in [0.3, 0.4) is 0 Å². The van der Waals surface area contributed by atoms with E-state index in [1.165, 1.54) is 46.5 Å². The Morgan fingerprint density at radius 1 is 1.13 bits per heavy atom. The van der Waals surface area contributed by atoms with E-state index in [2.05, 4.69) is 25.0 Å². The average molecular weight is 568 g/mol. The summed E-state index contributed by atoms with van der Waals surface area (Å²) < 4.78 is 34.6.